The number of rotatable bonds is 6. The minimum Gasteiger partial charge on any atom is -0.384 e. The molecule has 0 aliphatic carbocycles. The molecule has 0 spiro atoms. The van der Waals surface area contributed by atoms with Gasteiger partial charge in [-0.2, -0.15) is 5.26 Å². The minimum atomic E-state index is -0.484. The second kappa shape index (κ2) is 7.76. The van der Waals surface area contributed by atoms with E-state index in [-0.39, 0.29) is 5.69 Å². The summed E-state index contributed by atoms with van der Waals surface area (Å²) in [6, 6.07) is 6.36. The molecule has 0 saturated carbocycles. The Kier molecular flexibility index (Phi) is 5.73. The van der Waals surface area contributed by atoms with E-state index in [4.69, 9.17) is 5.26 Å². The van der Waals surface area contributed by atoms with Gasteiger partial charge in [0, 0.05) is 18.7 Å². The van der Waals surface area contributed by atoms with Crippen molar-refractivity contribution in [2.45, 2.75) is 26.2 Å². The first-order valence-electron chi connectivity index (χ1n) is 7.75. The first-order valence-corrected chi connectivity index (χ1v) is 7.75. The van der Waals surface area contributed by atoms with E-state index in [1.165, 1.54) is 38.1 Å². The van der Waals surface area contributed by atoms with Crippen molar-refractivity contribution in [2.75, 3.05) is 31.5 Å². The van der Waals surface area contributed by atoms with Crippen molar-refractivity contribution in [3.63, 3.8) is 0 Å². The van der Waals surface area contributed by atoms with Crippen LogP contribution in [0.5, 0.6) is 0 Å². The number of non-ortho nitro benzene ring substituents is 1. The third-order valence-corrected chi connectivity index (χ3v) is 4.18. The van der Waals surface area contributed by atoms with E-state index in [0.717, 1.165) is 25.4 Å². The number of likely N-dealkylation sites (tertiary alicyclic amines) is 1. The molecule has 1 aromatic rings. The molecule has 1 heterocycles. The molecule has 2 rings (SSSR count). The van der Waals surface area contributed by atoms with Crippen molar-refractivity contribution in [3.8, 4) is 6.07 Å². The van der Waals surface area contributed by atoms with Crippen LogP contribution in [-0.4, -0.2) is 36.0 Å². The van der Waals surface area contributed by atoms with Gasteiger partial charge in [-0.15, -0.1) is 0 Å². The topological polar surface area (TPSA) is 82.2 Å². The van der Waals surface area contributed by atoms with Gasteiger partial charge >= 0.3 is 0 Å². The van der Waals surface area contributed by atoms with E-state index >= 15 is 0 Å². The van der Waals surface area contributed by atoms with Crippen molar-refractivity contribution in [2.24, 2.45) is 5.92 Å². The molecule has 22 heavy (non-hydrogen) atoms. The lowest BCUT2D eigenvalue weighted by Gasteiger charge is -2.30. The summed E-state index contributed by atoms with van der Waals surface area (Å²) >= 11 is 0. The fourth-order valence-electron chi connectivity index (χ4n) is 2.70. The van der Waals surface area contributed by atoms with Gasteiger partial charge in [0.25, 0.3) is 5.69 Å². The van der Waals surface area contributed by atoms with E-state index in [1.54, 1.807) is 6.07 Å². The number of hydrogen-bond donors (Lipinski definition) is 1. The number of benzene rings is 1. The highest BCUT2D eigenvalue weighted by atomic mass is 16.6. The summed E-state index contributed by atoms with van der Waals surface area (Å²) in [6.07, 6.45) is 3.54. The first-order chi connectivity index (χ1) is 10.6. The van der Waals surface area contributed by atoms with Crippen molar-refractivity contribution < 1.29 is 4.92 Å². The van der Waals surface area contributed by atoms with Gasteiger partial charge in [0.1, 0.15) is 6.07 Å². The lowest BCUT2D eigenvalue weighted by atomic mass is 9.99. The Labute approximate surface area is 130 Å². The average Bonchev–Trinajstić information content (AvgIpc) is 2.53. The van der Waals surface area contributed by atoms with E-state index in [9.17, 15) is 10.1 Å². The number of piperidine rings is 1. The molecule has 0 unspecified atom stereocenters. The number of anilines is 1. The number of nitrogens with zero attached hydrogens (tertiary/aromatic N) is 3. The predicted molar refractivity (Wildman–Crippen MR) is 85.8 cm³/mol. The summed E-state index contributed by atoms with van der Waals surface area (Å²) in [5.41, 5.74) is 0.936. The van der Waals surface area contributed by atoms with Gasteiger partial charge in [-0.05, 0) is 50.9 Å². The van der Waals surface area contributed by atoms with Crippen LogP contribution in [0, 0.1) is 27.4 Å². The second-order valence-electron chi connectivity index (χ2n) is 5.90. The van der Waals surface area contributed by atoms with Crippen LogP contribution in [0.1, 0.15) is 31.7 Å². The third kappa shape index (κ3) is 4.43. The van der Waals surface area contributed by atoms with E-state index < -0.39 is 4.92 Å². The maximum Gasteiger partial charge on any atom is 0.270 e. The molecule has 6 heteroatoms. The average molecular weight is 302 g/mol. The molecular weight excluding hydrogens is 280 g/mol. The Bertz CT molecular complexity index is 560. The van der Waals surface area contributed by atoms with Crippen molar-refractivity contribution in [1.29, 1.82) is 5.26 Å². The largest absolute Gasteiger partial charge is 0.384 e. The number of nitro groups is 1. The van der Waals surface area contributed by atoms with Gasteiger partial charge in [0.15, 0.2) is 0 Å². The van der Waals surface area contributed by atoms with Crippen LogP contribution < -0.4 is 5.32 Å². The molecular formula is C16H22N4O2. The molecule has 1 saturated heterocycles. The van der Waals surface area contributed by atoms with Gasteiger partial charge in [-0.25, -0.2) is 0 Å². The van der Waals surface area contributed by atoms with Gasteiger partial charge in [-0.3, -0.25) is 10.1 Å². The molecule has 0 amide bonds. The normalized spacial score (nSPS) is 16.2. The van der Waals surface area contributed by atoms with Crippen LogP contribution in [0.15, 0.2) is 18.2 Å². The second-order valence-corrected chi connectivity index (χ2v) is 5.90. The summed E-state index contributed by atoms with van der Waals surface area (Å²) < 4.78 is 0. The summed E-state index contributed by atoms with van der Waals surface area (Å²) in [6.45, 7) is 6.45. The Morgan fingerprint density at radius 1 is 1.45 bits per heavy atom. The SMILES string of the molecule is CC1CCN(CCCNc2ccc([N+](=O)[O-])cc2C#N)CC1. The van der Waals surface area contributed by atoms with Crippen LogP contribution in [-0.2, 0) is 0 Å². The molecule has 1 fully saturated rings. The van der Waals surface area contributed by atoms with E-state index in [0.29, 0.717) is 11.3 Å². The molecule has 0 radical (unpaired) electrons. The molecule has 0 atom stereocenters. The zero-order valence-electron chi connectivity index (χ0n) is 12.9. The van der Waals surface area contributed by atoms with E-state index in [2.05, 4.69) is 17.1 Å². The maximum atomic E-state index is 10.7. The Morgan fingerprint density at radius 3 is 2.82 bits per heavy atom. The van der Waals surface area contributed by atoms with Crippen LogP contribution >= 0.6 is 0 Å². The molecule has 1 aromatic carbocycles. The molecule has 1 aliphatic rings. The first kappa shape index (κ1) is 16.2. The molecule has 0 aromatic heterocycles. The zero-order valence-corrected chi connectivity index (χ0v) is 12.9. The fraction of sp³-hybridized carbons (Fsp3) is 0.562. The van der Waals surface area contributed by atoms with Gasteiger partial charge in [0.2, 0.25) is 0 Å². The van der Waals surface area contributed by atoms with Gasteiger partial charge in [0.05, 0.1) is 16.2 Å². The summed E-state index contributed by atoms with van der Waals surface area (Å²) in [7, 11) is 0. The molecule has 1 aliphatic heterocycles. The lowest BCUT2D eigenvalue weighted by molar-refractivity contribution is -0.384. The molecule has 0 bridgehead atoms. The van der Waals surface area contributed by atoms with Gasteiger partial charge < -0.3 is 10.2 Å². The third-order valence-electron chi connectivity index (χ3n) is 4.18. The lowest BCUT2D eigenvalue weighted by Crippen LogP contribution is -2.34. The van der Waals surface area contributed by atoms with Gasteiger partial charge in [-0.1, -0.05) is 6.92 Å². The highest BCUT2D eigenvalue weighted by Gasteiger charge is 2.15. The Morgan fingerprint density at radius 2 is 2.18 bits per heavy atom. The van der Waals surface area contributed by atoms with E-state index in [1.807, 2.05) is 6.07 Å². The smallest absolute Gasteiger partial charge is 0.270 e. The highest BCUT2D eigenvalue weighted by Crippen LogP contribution is 2.21. The van der Waals surface area contributed by atoms with Crippen LogP contribution in [0.25, 0.3) is 0 Å². The van der Waals surface area contributed by atoms with Crippen LogP contribution in [0.3, 0.4) is 0 Å². The minimum absolute atomic E-state index is 0.0514. The maximum absolute atomic E-state index is 10.7. The van der Waals surface area contributed by atoms with Crippen LogP contribution in [0.4, 0.5) is 11.4 Å². The zero-order chi connectivity index (χ0) is 15.9. The highest BCUT2D eigenvalue weighted by molar-refractivity contribution is 5.61. The number of nitrogens with one attached hydrogen (secondary N) is 1. The predicted octanol–water partition coefficient (Wildman–Crippen LogP) is 3.00. The van der Waals surface area contributed by atoms with Crippen molar-refractivity contribution in [3.05, 3.63) is 33.9 Å². The fourth-order valence-corrected chi connectivity index (χ4v) is 2.70. The summed E-state index contributed by atoms with van der Waals surface area (Å²) in [5.74, 6) is 0.840. The summed E-state index contributed by atoms with van der Waals surface area (Å²) in [4.78, 5) is 12.7. The van der Waals surface area contributed by atoms with Crippen LogP contribution in [0.2, 0.25) is 0 Å². The Balaban J connectivity index is 1.79. The number of hydrogen-bond acceptors (Lipinski definition) is 5. The monoisotopic (exact) mass is 302 g/mol. The summed E-state index contributed by atoms with van der Waals surface area (Å²) in [5, 5.41) is 23.0. The number of nitriles is 1. The number of nitro benzene ring substituents is 1. The standard InChI is InChI=1S/C16H22N4O2/c1-13-5-9-19(10-6-13)8-2-7-18-16-4-3-15(20(21)22)11-14(16)12-17/h3-4,11,13,18H,2,5-10H2,1H3. The molecule has 6 nitrogen and oxygen atoms in total. The quantitative estimate of drug-likeness (QED) is 0.496. The van der Waals surface area contributed by atoms with Crippen molar-refractivity contribution in [1.82, 2.24) is 4.90 Å². The molecule has 118 valence electrons. The Hall–Kier alpha value is -2.13. The molecule has 1 N–H and O–H groups in total. The van der Waals surface area contributed by atoms with Crippen molar-refractivity contribution >= 4 is 11.4 Å².